The first-order valence-corrected chi connectivity index (χ1v) is 11.8. The first-order valence-electron chi connectivity index (χ1n) is 11.0. The molecule has 0 aliphatic heterocycles. The maximum absolute atomic E-state index is 12.8. The Kier molecular flexibility index (Phi) is 7.21. The van der Waals surface area contributed by atoms with Gasteiger partial charge in [0.25, 0.3) is 11.5 Å². The van der Waals surface area contributed by atoms with Gasteiger partial charge in [0.2, 0.25) is 4.96 Å². The Morgan fingerprint density at radius 2 is 1.86 bits per heavy atom. The number of amides is 1. The van der Waals surface area contributed by atoms with E-state index in [2.05, 4.69) is 15.4 Å². The molecular weight excluding hydrogens is 468 g/mol. The molecule has 1 N–H and O–H groups in total. The van der Waals surface area contributed by atoms with Crippen molar-refractivity contribution < 1.29 is 19.1 Å². The molecule has 0 unspecified atom stereocenters. The highest BCUT2D eigenvalue weighted by molar-refractivity contribution is 7.16. The lowest BCUT2D eigenvalue weighted by atomic mass is 10.2. The number of carbonyl (C=O) groups excluding carboxylic acids is 2. The number of rotatable bonds is 8. The summed E-state index contributed by atoms with van der Waals surface area (Å²) in [5, 5.41) is 7.75. The number of ether oxygens (including phenoxy) is 2. The number of hydrogen-bond donors (Lipinski definition) is 1. The third-order valence-electron chi connectivity index (χ3n) is 5.03. The van der Waals surface area contributed by atoms with Gasteiger partial charge in [-0.2, -0.15) is 9.61 Å². The van der Waals surface area contributed by atoms with Gasteiger partial charge in [0.15, 0.2) is 6.61 Å². The number of nitrogens with zero attached hydrogens (tertiary/aromatic N) is 3. The van der Waals surface area contributed by atoms with Gasteiger partial charge in [-0.15, -0.1) is 0 Å². The summed E-state index contributed by atoms with van der Waals surface area (Å²) >= 11 is 1.32. The highest BCUT2D eigenvalue weighted by atomic mass is 32.1. The Morgan fingerprint density at radius 1 is 1.11 bits per heavy atom. The molecule has 2 heterocycles. The molecule has 0 fully saturated rings. The molecule has 10 heteroatoms. The first-order chi connectivity index (χ1) is 16.8. The topological polar surface area (TPSA) is 112 Å². The number of nitrogens with one attached hydrogen (secondary N) is 1. The van der Waals surface area contributed by atoms with E-state index in [1.54, 1.807) is 30.3 Å². The number of aryl methyl sites for hydroxylation is 1. The maximum Gasteiger partial charge on any atom is 0.340 e. The zero-order valence-electron chi connectivity index (χ0n) is 19.5. The summed E-state index contributed by atoms with van der Waals surface area (Å²) in [6.07, 6.45) is 0. The summed E-state index contributed by atoms with van der Waals surface area (Å²) in [4.78, 5) is 42.4. The number of hydrogen-bond acceptors (Lipinski definition) is 8. The average Bonchev–Trinajstić information content (AvgIpc) is 3.28. The molecule has 2 aromatic heterocycles. The van der Waals surface area contributed by atoms with Crippen LogP contribution in [0.2, 0.25) is 0 Å². The molecule has 0 saturated heterocycles. The van der Waals surface area contributed by atoms with E-state index in [4.69, 9.17) is 9.47 Å². The molecule has 0 spiro atoms. The Hall–Kier alpha value is -4.05. The Balaban J connectivity index is 1.42. The minimum Gasteiger partial charge on any atom is -0.483 e. The fourth-order valence-corrected chi connectivity index (χ4v) is 4.14. The summed E-state index contributed by atoms with van der Waals surface area (Å²) in [5.74, 6) is -0.303. The fourth-order valence-electron chi connectivity index (χ4n) is 3.21. The van der Waals surface area contributed by atoms with Crippen LogP contribution in [0.25, 0.3) is 4.96 Å². The van der Waals surface area contributed by atoms with Crippen LogP contribution in [0.1, 0.15) is 46.4 Å². The number of benzene rings is 2. The van der Waals surface area contributed by atoms with Gasteiger partial charge in [0, 0.05) is 12.0 Å². The smallest absolute Gasteiger partial charge is 0.340 e. The molecule has 0 radical (unpaired) electrons. The lowest BCUT2D eigenvalue weighted by Crippen LogP contribution is -2.22. The van der Waals surface area contributed by atoms with E-state index in [0.29, 0.717) is 22.1 Å². The van der Waals surface area contributed by atoms with E-state index >= 15 is 0 Å². The van der Waals surface area contributed by atoms with Crippen LogP contribution in [0.5, 0.6) is 5.75 Å². The molecule has 0 atom stereocenters. The molecule has 9 nitrogen and oxygen atoms in total. The van der Waals surface area contributed by atoms with Crippen LogP contribution in [-0.2, 0) is 16.1 Å². The van der Waals surface area contributed by atoms with Crippen molar-refractivity contribution in [3.05, 3.63) is 86.8 Å². The van der Waals surface area contributed by atoms with Crippen molar-refractivity contribution in [1.82, 2.24) is 14.6 Å². The van der Waals surface area contributed by atoms with Crippen molar-refractivity contribution >= 4 is 33.9 Å². The molecule has 4 aromatic rings. The third-order valence-corrected chi connectivity index (χ3v) is 6.24. The van der Waals surface area contributed by atoms with Gasteiger partial charge in [-0.3, -0.25) is 9.59 Å². The number of fused-ring (bicyclic) bond motifs is 1. The molecule has 1 amide bonds. The second kappa shape index (κ2) is 10.5. The predicted octanol–water partition coefficient (Wildman–Crippen LogP) is 3.96. The van der Waals surface area contributed by atoms with Crippen molar-refractivity contribution in [2.24, 2.45) is 0 Å². The lowest BCUT2D eigenvalue weighted by Gasteiger charge is -2.12. The molecule has 0 bridgehead atoms. The summed E-state index contributed by atoms with van der Waals surface area (Å²) in [5.41, 5.74) is 1.35. The van der Waals surface area contributed by atoms with Crippen LogP contribution in [0.4, 0.5) is 5.69 Å². The second-order valence-electron chi connectivity index (χ2n) is 8.10. The largest absolute Gasteiger partial charge is 0.483 e. The van der Waals surface area contributed by atoms with E-state index in [-0.39, 0.29) is 30.3 Å². The highest BCUT2D eigenvalue weighted by Crippen LogP contribution is 2.21. The van der Waals surface area contributed by atoms with E-state index < -0.39 is 11.9 Å². The predicted molar refractivity (Wildman–Crippen MR) is 132 cm³/mol. The van der Waals surface area contributed by atoms with Gasteiger partial charge in [-0.1, -0.05) is 55.5 Å². The van der Waals surface area contributed by atoms with Crippen LogP contribution in [0.15, 0.2) is 59.4 Å². The number of para-hydroxylation sites is 2. The monoisotopic (exact) mass is 492 g/mol. The van der Waals surface area contributed by atoms with Crippen LogP contribution in [0, 0.1) is 6.92 Å². The lowest BCUT2D eigenvalue weighted by molar-refractivity contribution is -0.118. The number of carbonyl (C=O) groups is 2. The van der Waals surface area contributed by atoms with Crippen molar-refractivity contribution in [3.63, 3.8) is 0 Å². The summed E-state index contributed by atoms with van der Waals surface area (Å²) in [7, 11) is 0. The third kappa shape index (κ3) is 5.72. The standard InChI is InChI=1S/C25H24N4O5S/c1-15(2)23-28-29-22(31)12-17(26-25(29)35-23)13-34-24(32)18-9-5-6-10-19(18)27-21(30)14-33-20-11-7-4-8-16(20)3/h4-12,15H,13-14H2,1-3H3,(H,27,30). The van der Waals surface area contributed by atoms with Crippen LogP contribution in [0.3, 0.4) is 0 Å². The SMILES string of the molecule is Cc1ccccc1OCC(=O)Nc1ccccc1C(=O)OCc1cc(=O)n2nc(C(C)C)sc2n1. The number of esters is 1. The quantitative estimate of drug-likeness (QED) is 0.371. The van der Waals surface area contributed by atoms with Gasteiger partial charge in [-0.05, 0) is 30.7 Å². The average molecular weight is 493 g/mol. The van der Waals surface area contributed by atoms with Gasteiger partial charge < -0.3 is 14.8 Å². The summed E-state index contributed by atoms with van der Waals surface area (Å²) in [6.45, 7) is 5.44. The second-order valence-corrected chi connectivity index (χ2v) is 9.09. The zero-order chi connectivity index (χ0) is 24.9. The van der Waals surface area contributed by atoms with Gasteiger partial charge in [-0.25, -0.2) is 9.78 Å². The highest BCUT2D eigenvalue weighted by Gasteiger charge is 2.17. The Bertz CT molecular complexity index is 1440. The van der Waals surface area contributed by atoms with E-state index in [1.165, 1.54) is 21.9 Å². The minimum absolute atomic E-state index is 0.163. The molecule has 180 valence electrons. The minimum atomic E-state index is -0.658. The molecule has 2 aromatic carbocycles. The molecule has 0 aliphatic rings. The number of anilines is 1. The van der Waals surface area contributed by atoms with Gasteiger partial charge >= 0.3 is 5.97 Å². The van der Waals surface area contributed by atoms with Crippen molar-refractivity contribution in [2.75, 3.05) is 11.9 Å². The van der Waals surface area contributed by atoms with Crippen molar-refractivity contribution in [2.45, 2.75) is 33.3 Å². The Morgan fingerprint density at radius 3 is 2.63 bits per heavy atom. The molecule has 0 aliphatic carbocycles. The van der Waals surface area contributed by atoms with Crippen molar-refractivity contribution in [1.29, 1.82) is 0 Å². The van der Waals surface area contributed by atoms with E-state index in [0.717, 1.165) is 10.6 Å². The zero-order valence-corrected chi connectivity index (χ0v) is 20.3. The van der Waals surface area contributed by atoms with E-state index in [1.807, 2.05) is 39.0 Å². The molecule has 35 heavy (non-hydrogen) atoms. The van der Waals surface area contributed by atoms with Crippen LogP contribution < -0.4 is 15.6 Å². The van der Waals surface area contributed by atoms with Gasteiger partial charge in [0.05, 0.1) is 16.9 Å². The van der Waals surface area contributed by atoms with Crippen molar-refractivity contribution in [3.8, 4) is 5.75 Å². The summed E-state index contributed by atoms with van der Waals surface area (Å²) < 4.78 is 12.2. The maximum atomic E-state index is 12.8. The van der Waals surface area contributed by atoms with Crippen LogP contribution >= 0.6 is 11.3 Å². The first kappa shape index (κ1) is 24.1. The van der Waals surface area contributed by atoms with E-state index in [9.17, 15) is 14.4 Å². The molecule has 0 saturated carbocycles. The summed E-state index contributed by atoms with van der Waals surface area (Å²) in [6, 6.07) is 15.2. The number of aromatic nitrogens is 3. The fraction of sp³-hybridized carbons (Fsp3) is 0.240. The van der Waals surface area contributed by atoms with Gasteiger partial charge in [0.1, 0.15) is 17.4 Å². The Labute approximate surface area is 205 Å². The van der Waals surface area contributed by atoms with Crippen LogP contribution in [-0.4, -0.2) is 33.1 Å². The molecular formula is C25H24N4O5S. The molecule has 4 rings (SSSR count). The normalized spacial score (nSPS) is 11.0.